The van der Waals surface area contributed by atoms with Gasteiger partial charge in [-0.05, 0) is 86.0 Å². The monoisotopic (exact) mass is 533 g/mol. The molecule has 0 heterocycles. The van der Waals surface area contributed by atoms with Crippen LogP contribution < -0.4 is 10.6 Å². The number of ketones is 2. The van der Waals surface area contributed by atoms with Crippen molar-refractivity contribution < 1.29 is 14.4 Å². The van der Waals surface area contributed by atoms with Gasteiger partial charge in [-0.3, -0.25) is 9.59 Å². The van der Waals surface area contributed by atoms with Gasteiger partial charge in [-0.2, -0.15) is 5.26 Å². The maximum atomic E-state index is 14.5. The minimum Gasteiger partial charge on any atom is -0.338 e. The van der Waals surface area contributed by atoms with E-state index in [0.29, 0.717) is 6.54 Å². The first-order valence-corrected chi connectivity index (χ1v) is 15.0. The van der Waals surface area contributed by atoms with Gasteiger partial charge in [0.1, 0.15) is 6.07 Å². The van der Waals surface area contributed by atoms with Crippen LogP contribution in [0, 0.1) is 56.2 Å². The topological polar surface area (TPSA) is 99.1 Å². The average Bonchev–Trinajstić information content (AvgIpc) is 2.84. The molecule has 39 heavy (non-hydrogen) atoms. The van der Waals surface area contributed by atoms with Gasteiger partial charge in [-0.1, -0.05) is 60.1 Å². The predicted octanol–water partition coefficient (Wildman–Crippen LogP) is 6.28. The molecule has 0 spiro atoms. The largest absolute Gasteiger partial charge is 0.338 e. The van der Waals surface area contributed by atoms with E-state index in [2.05, 4.69) is 51.3 Å². The molecule has 7 atom stereocenters. The molecule has 3 saturated carbocycles. The first-order valence-electron chi connectivity index (χ1n) is 15.0. The van der Waals surface area contributed by atoms with Crippen LogP contribution in [-0.2, 0) is 9.59 Å². The van der Waals surface area contributed by atoms with Gasteiger partial charge in [0.25, 0.3) is 0 Å². The number of nitrogens with one attached hydrogen (secondary N) is 2. The predicted molar refractivity (Wildman–Crippen MR) is 151 cm³/mol. The van der Waals surface area contributed by atoms with E-state index in [1.165, 1.54) is 0 Å². The maximum absolute atomic E-state index is 14.5. The summed E-state index contributed by atoms with van der Waals surface area (Å²) in [6.45, 7) is 17.9. The summed E-state index contributed by atoms with van der Waals surface area (Å²) in [4.78, 5) is 40.6. The Balaban J connectivity index is 1.66. The van der Waals surface area contributed by atoms with E-state index >= 15 is 0 Å². The molecule has 5 aliphatic rings. The Morgan fingerprint density at radius 1 is 1.03 bits per heavy atom. The minimum atomic E-state index is -0.663. The number of carbonyl (C=O) groups excluding carboxylic acids is 3. The van der Waals surface area contributed by atoms with Gasteiger partial charge in [-0.15, -0.1) is 0 Å². The van der Waals surface area contributed by atoms with Crippen molar-refractivity contribution in [1.82, 2.24) is 10.6 Å². The van der Waals surface area contributed by atoms with Crippen LogP contribution in [-0.4, -0.2) is 29.7 Å². The fourth-order valence-electron chi connectivity index (χ4n) is 10.3. The van der Waals surface area contributed by atoms with E-state index in [9.17, 15) is 19.6 Å². The fourth-order valence-corrected chi connectivity index (χ4v) is 10.3. The van der Waals surface area contributed by atoms with Crippen LogP contribution in [0.2, 0.25) is 0 Å². The summed E-state index contributed by atoms with van der Waals surface area (Å²) >= 11 is 0. The van der Waals surface area contributed by atoms with Crippen LogP contribution >= 0.6 is 0 Å². The summed E-state index contributed by atoms with van der Waals surface area (Å²) in [6.07, 6.45) is 10.2. The molecule has 0 aliphatic heterocycles. The summed E-state index contributed by atoms with van der Waals surface area (Å²) in [6, 6.07) is 2.05. The van der Waals surface area contributed by atoms with Crippen LogP contribution in [0.3, 0.4) is 0 Å². The smallest absolute Gasteiger partial charge is 0.315 e. The Morgan fingerprint density at radius 3 is 2.33 bits per heavy atom. The van der Waals surface area contributed by atoms with E-state index in [1.54, 1.807) is 0 Å². The van der Waals surface area contributed by atoms with Gasteiger partial charge < -0.3 is 10.6 Å². The molecule has 6 heteroatoms. The van der Waals surface area contributed by atoms with E-state index in [1.807, 2.05) is 32.9 Å². The number of hydrogen-bond acceptors (Lipinski definition) is 4. The average molecular weight is 534 g/mol. The van der Waals surface area contributed by atoms with Crippen LogP contribution in [0.15, 0.2) is 23.3 Å². The number of urea groups is 1. The highest BCUT2D eigenvalue weighted by atomic mass is 16.2. The molecule has 0 bridgehead atoms. The summed E-state index contributed by atoms with van der Waals surface area (Å²) in [7, 11) is 0. The van der Waals surface area contributed by atoms with Crippen molar-refractivity contribution in [1.29, 1.82) is 5.26 Å². The Kier molecular flexibility index (Phi) is 6.16. The lowest BCUT2D eigenvalue weighted by atomic mass is 9.35. The summed E-state index contributed by atoms with van der Waals surface area (Å²) < 4.78 is 0. The normalized spacial score (nSPS) is 43.8. The minimum absolute atomic E-state index is 0.0394. The molecule has 0 aromatic heterocycles. The van der Waals surface area contributed by atoms with Crippen molar-refractivity contribution in [3.63, 3.8) is 0 Å². The number of amides is 2. The van der Waals surface area contributed by atoms with Crippen molar-refractivity contribution in [2.45, 2.75) is 106 Å². The third-order valence-corrected chi connectivity index (χ3v) is 12.6. The molecule has 2 amide bonds. The number of Topliss-reactive ketones (excluding diaryl/α,β-unsaturated/α-hetero) is 1. The lowest BCUT2D eigenvalue weighted by Crippen LogP contribution is -2.70. The van der Waals surface area contributed by atoms with Crippen LogP contribution in [0.5, 0.6) is 0 Å². The number of hydrogen-bond donors (Lipinski definition) is 2. The Labute approximate surface area is 234 Å². The van der Waals surface area contributed by atoms with Crippen LogP contribution in [0.1, 0.15) is 100 Å². The molecular formula is C33H47N3O3. The Bertz CT molecular complexity index is 1240. The van der Waals surface area contributed by atoms with Gasteiger partial charge in [0.2, 0.25) is 0 Å². The molecule has 0 saturated heterocycles. The first kappa shape index (κ1) is 28.1. The molecule has 5 rings (SSSR count). The first-order chi connectivity index (χ1) is 18.0. The van der Waals surface area contributed by atoms with Gasteiger partial charge >= 0.3 is 6.03 Å². The zero-order valence-corrected chi connectivity index (χ0v) is 25.2. The van der Waals surface area contributed by atoms with Crippen LogP contribution in [0.4, 0.5) is 4.79 Å². The maximum Gasteiger partial charge on any atom is 0.315 e. The fraction of sp³-hybridized carbons (Fsp3) is 0.758. The highest BCUT2D eigenvalue weighted by Gasteiger charge is 2.70. The second kappa shape index (κ2) is 8.54. The van der Waals surface area contributed by atoms with Crippen molar-refractivity contribution in [2.24, 2.45) is 44.8 Å². The molecular weight excluding hydrogens is 486 g/mol. The number of allylic oxidation sites excluding steroid dienone is 4. The summed E-state index contributed by atoms with van der Waals surface area (Å²) in [5, 5.41) is 16.2. The zero-order valence-electron chi connectivity index (χ0n) is 25.2. The van der Waals surface area contributed by atoms with E-state index in [-0.39, 0.29) is 62.7 Å². The van der Waals surface area contributed by atoms with E-state index < -0.39 is 10.8 Å². The lowest BCUT2D eigenvalue weighted by molar-refractivity contribution is -0.160. The number of carbonyl (C=O) groups is 3. The van der Waals surface area contributed by atoms with Gasteiger partial charge in [0.05, 0.1) is 5.57 Å². The number of nitrogens with zero attached hydrogens (tertiary/aromatic N) is 1. The Morgan fingerprint density at radius 2 is 1.69 bits per heavy atom. The van der Waals surface area contributed by atoms with E-state index in [0.717, 1.165) is 50.5 Å². The number of nitriles is 1. The lowest BCUT2D eigenvalue weighted by Gasteiger charge is -2.69. The van der Waals surface area contributed by atoms with Gasteiger partial charge in [0, 0.05) is 28.8 Å². The third-order valence-electron chi connectivity index (χ3n) is 12.6. The van der Waals surface area contributed by atoms with Crippen molar-refractivity contribution in [3.8, 4) is 6.07 Å². The highest BCUT2D eigenvalue weighted by Crippen LogP contribution is 2.73. The van der Waals surface area contributed by atoms with Gasteiger partial charge in [0.15, 0.2) is 11.6 Å². The Hall–Kier alpha value is -2.42. The molecule has 0 radical (unpaired) electrons. The molecule has 0 aromatic rings. The number of rotatable bonds is 2. The van der Waals surface area contributed by atoms with E-state index in [4.69, 9.17) is 0 Å². The van der Waals surface area contributed by atoms with Crippen LogP contribution in [0.25, 0.3) is 0 Å². The quantitative estimate of drug-likeness (QED) is 0.436. The molecule has 5 aliphatic carbocycles. The molecule has 0 aromatic carbocycles. The SMILES string of the molecule is CCNC(=O)N[C@]12CCC(C)(C)C[C@H]1[C@H]1C(=O)C=C3[C@@]4(C)C=C(C#N)C(=O)C(C)(C)[C@@H]4CC[C@@]3(C)[C@]1(C)CC2. The number of fused-ring (bicyclic) bond motifs is 7. The van der Waals surface area contributed by atoms with Crippen molar-refractivity contribution in [3.05, 3.63) is 23.3 Å². The second-order valence-corrected chi connectivity index (χ2v) is 15.4. The summed E-state index contributed by atoms with van der Waals surface area (Å²) in [5.74, 6) is 0.00545. The van der Waals surface area contributed by atoms with Gasteiger partial charge in [-0.25, -0.2) is 4.79 Å². The second-order valence-electron chi connectivity index (χ2n) is 15.4. The van der Waals surface area contributed by atoms with Crippen molar-refractivity contribution in [2.75, 3.05) is 6.54 Å². The highest BCUT2D eigenvalue weighted by molar-refractivity contribution is 6.04. The zero-order chi connectivity index (χ0) is 28.8. The van der Waals surface area contributed by atoms with Crippen molar-refractivity contribution >= 4 is 17.6 Å². The third kappa shape index (κ3) is 3.67. The molecule has 2 N–H and O–H groups in total. The molecule has 212 valence electrons. The molecule has 0 unspecified atom stereocenters. The molecule has 6 nitrogen and oxygen atoms in total. The molecule has 3 fully saturated rings. The standard InChI is InChI=1S/C33H47N3O3/c1-9-35-27(39)36-33-14-12-28(2,3)18-21(33)25-22(37)16-24-30(6)17-20(19-34)26(38)29(4,5)23(30)10-11-31(24,7)32(25,8)13-15-33/h16-17,21,23,25H,9-15,18H2,1-8H3,(H2,35,36,39)/t21-,23-,25-,30-,31+,32+,33-/m0/s1. The summed E-state index contributed by atoms with van der Waals surface area (Å²) in [5.41, 5.74) is -0.661.